The van der Waals surface area contributed by atoms with Crippen LogP contribution in [0.25, 0.3) is 0 Å². The lowest BCUT2D eigenvalue weighted by Gasteiger charge is -2.24. The Kier molecular flexibility index (Phi) is 3.90. The molecule has 0 radical (unpaired) electrons. The van der Waals surface area contributed by atoms with Gasteiger partial charge in [0.1, 0.15) is 15.6 Å². The summed E-state index contributed by atoms with van der Waals surface area (Å²) >= 11 is 1.23. The maximum Gasteiger partial charge on any atom is 0.347 e. The molecule has 0 aliphatic carbocycles. The van der Waals surface area contributed by atoms with E-state index in [1.54, 1.807) is 0 Å². The Bertz CT molecular complexity index is 667. The van der Waals surface area contributed by atoms with Gasteiger partial charge in [0.15, 0.2) is 0 Å². The maximum absolute atomic E-state index is 11.3. The van der Waals surface area contributed by atoms with E-state index in [2.05, 4.69) is 4.98 Å². The molecular formula is C15H15NO4S. The zero-order valence-corrected chi connectivity index (χ0v) is 12.4. The van der Waals surface area contributed by atoms with Crippen LogP contribution in [-0.2, 0) is 11.3 Å². The summed E-state index contributed by atoms with van der Waals surface area (Å²) in [6, 6.07) is 7.84. The second-order valence-electron chi connectivity index (χ2n) is 4.79. The number of aromatic nitrogens is 1. The van der Waals surface area contributed by atoms with Crippen LogP contribution < -0.4 is 4.74 Å². The van der Waals surface area contributed by atoms with Crippen LogP contribution in [0.15, 0.2) is 24.3 Å². The molecule has 0 fully saturated rings. The van der Waals surface area contributed by atoms with Gasteiger partial charge in [-0.15, -0.1) is 11.3 Å². The van der Waals surface area contributed by atoms with Crippen LogP contribution in [0.1, 0.15) is 38.3 Å². The number of nitrogens with zero attached hydrogens (tertiary/aromatic N) is 1. The molecule has 21 heavy (non-hydrogen) atoms. The molecule has 1 aromatic carbocycles. The molecule has 1 aliphatic heterocycles. The Labute approximate surface area is 126 Å². The van der Waals surface area contributed by atoms with Crippen LogP contribution in [0.4, 0.5) is 0 Å². The minimum absolute atomic E-state index is 0.0867. The number of carbonyl (C=O) groups is 1. The summed E-state index contributed by atoms with van der Waals surface area (Å²) in [5, 5.41) is 10.1. The fourth-order valence-electron chi connectivity index (χ4n) is 2.52. The van der Waals surface area contributed by atoms with Crippen molar-refractivity contribution in [1.82, 2.24) is 4.98 Å². The fraction of sp³-hybridized carbons (Fsp3) is 0.333. The molecule has 5 nitrogen and oxygen atoms in total. The van der Waals surface area contributed by atoms with Gasteiger partial charge in [0, 0.05) is 18.6 Å². The smallest absolute Gasteiger partial charge is 0.347 e. The third-order valence-electron chi connectivity index (χ3n) is 3.45. The lowest BCUT2D eigenvalue weighted by Crippen LogP contribution is -2.15. The number of benzene rings is 1. The predicted molar refractivity (Wildman–Crippen MR) is 78.2 cm³/mol. The first-order valence-corrected chi connectivity index (χ1v) is 7.46. The van der Waals surface area contributed by atoms with E-state index < -0.39 is 5.97 Å². The molecule has 0 spiro atoms. The summed E-state index contributed by atoms with van der Waals surface area (Å²) in [4.78, 5) is 16.1. The molecule has 1 N–H and O–H groups in total. The van der Waals surface area contributed by atoms with Crippen molar-refractivity contribution in [1.29, 1.82) is 0 Å². The average Bonchev–Trinajstić information content (AvgIpc) is 2.91. The largest absolute Gasteiger partial charge is 0.493 e. The van der Waals surface area contributed by atoms with E-state index in [-0.39, 0.29) is 17.4 Å². The van der Waals surface area contributed by atoms with Crippen molar-refractivity contribution in [3.8, 4) is 5.75 Å². The minimum atomic E-state index is -0.953. The standard InChI is InChI=1S/C15H15NO4S/c1-19-8-11-13(15(17)18)21-14(16-11)10-6-7-20-12-5-3-2-4-9(10)12/h2-5,10H,6-8H2,1H3,(H,17,18). The number of thiazole rings is 1. The van der Waals surface area contributed by atoms with E-state index in [1.165, 1.54) is 18.4 Å². The van der Waals surface area contributed by atoms with Crippen LogP contribution in [0, 0.1) is 0 Å². The molecule has 6 heteroatoms. The van der Waals surface area contributed by atoms with Crippen molar-refractivity contribution in [2.75, 3.05) is 13.7 Å². The highest BCUT2D eigenvalue weighted by Crippen LogP contribution is 2.40. The summed E-state index contributed by atoms with van der Waals surface area (Å²) < 4.78 is 10.7. The number of aromatic carboxylic acids is 1. The van der Waals surface area contributed by atoms with Crippen molar-refractivity contribution >= 4 is 17.3 Å². The lowest BCUT2D eigenvalue weighted by atomic mass is 9.94. The van der Waals surface area contributed by atoms with Crippen molar-refractivity contribution < 1.29 is 19.4 Å². The third-order valence-corrected chi connectivity index (χ3v) is 4.65. The van der Waals surface area contributed by atoms with Gasteiger partial charge in [0.05, 0.1) is 18.9 Å². The monoisotopic (exact) mass is 305 g/mol. The first kappa shape index (κ1) is 14.0. The zero-order chi connectivity index (χ0) is 14.8. The number of hydrogen-bond acceptors (Lipinski definition) is 5. The zero-order valence-electron chi connectivity index (χ0n) is 11.5. The summed E-state index contributed by atoms with van der Waals surface area (Å²) in [7, 11) is 1.54. The third kappa shape index (κ3) is 2.64. The normalized spacial score (nSPS) is 17.1. The van der Waals surface area contributed by atoms with Gasteiger partial charge in [-0.25, -0.2) is 9.78 Å². The van der Waals surface area contributed by atoms with Gasteiger partial charge in [0.25, 0.3) is 0 Å². The molecule has 0 saturated heterocycles. The molecule has 1 aromatic heterocycles. The summed E-state index contributed by atoms with van der Waals surface area (Å²) in [6.07, 6.45) is 0.802. The highest BCUT2D eigenvalue weighted by atomic mass is 32.1. The minimum Gasteiger partial charge on any atom is -0.493 e. The second-order valence-corrected chi connectivity index (χ2v) is 5.82. The predicted octanol–water partition coefficient (Wildman–Crippen LogP) is 2.90. The van der Waals surface area contributed by atoms with E-state index in [1.807, 2.05) is 24.3 Å². The van der Waals surface area contributed by atoms with Crippen LogP contribution >= 0.6 is 11.3 Å². The van der Waals surface area contributed by atoms with Crippen molar-refractivity contribution in [3.63, 3.8) is 0 Å². The molecule has 0 saturated carbocycles. The Morgan fingerprint density at radius 1 is 1.52 bits per heavy atom. The van der Waals surface area contributed by atoms with Gasteiger partial charge in [-0.3, -0.25) is 0 Å². The van der Waals surface area contributed by atoms with Crippen molar-refractivity contribution in [2.45, 2.75) is 18.9 Å². The van der Waals surface area contributed by atoms with Crippen LogP contribution in [0.3, 0.4) is 0 Å². The highest BCUT2D eigenvalue weighted by molar-refractivity contribution is 7.13. The molecule has 0 amide bonds. The quantitative estimate of drug-likeness (QED) is 0.940. The van der Waals surface area contributed by atoms with Crippen LogP contribution in [-0.4, -0.2) is 29.8 Å². The van der Waals surface area contributed by atoms with Crippen molar-refractivity contribution in [2.24, 2.45) is 0 Å². The van der Waals surface area contributed by atoms with Crippen molar-refractivity contribution in [3.05, 3.63) is 45.4 Å². The second kappa shape index (κ2) is 5.83. The van der Waals surface area contributed by atoms with E-state index >= 15 is 0 Å². The summed E-state index contributed by atoms with van der Waals surface area (Å²) in [5.74, 6) is -0.0103. The molecule has 1 atom stereocenters. The topological polar surface area (TPSA) is 68.7 Å². The molecule has 3 rings (SSSR count). The first-order chi connectivity index (χ1) is 10.2. The van der Waals surface area contributed by atoms with E-state index in [0.29, 0.717) is 12.3 Å². The summed E-state index contributed by atoms with van der Waals surface area (Å²) in [6.45, 7) is 0.826. The molecule has 2 heterocycles. The van der Waals surface area contributed by atoms with Crippen LogP contribution in [0.2, 0.25) is 0 Å². The van der Waals surface area contributed by atoms with E-state index in [4.69, 9.17) is 9.47 Å². The molecular weight excluding hydrogens is 290 g/mol. The molecule has 110 valence electrons. The van der Waals surface area contributed by atoms with Gasteiger partial charge >= 0.3 is 5.97 Å². The van der Waals surface area contributed by atoms with Gasteiger partial charge in [0.2, 0.25) is 0 Å². The Hall–Kier alpha value is -1.92. The molecule has 1 unspecified atom stereocenters. The number of ether oxygens (including phenoxy) is 2. The van der Waals surface area contributed by atoms with Gasteiger partial charge in [-0.1, -0.05) is 18.2 Å². The maximum atomic E-state index is 11.3. The highest BCUT2D eigenvalue weighted by Gasteiger charge is 2.28. The number of rotatable bonds is 4. The first-order valence-electron chi connectivity index (χ1n) is 6.64. The Balaban J connectivity index is 2.02. The van der Waals surface area contributed by atoms with Gasteiger partial charge < -0.3 is 14.6 Å². The van der Waals surface area contributed by atoms with E-state index in [9.17, 15) is 9.90 Å². The Morgan fingerprint density at radius 3 is 3.10 bits per heavy atom. The van der Waals surface area contributed by atoms with Gasteiger partial charge in [-0.05, 0) is 12.5 Å². The van der Waals surface area contributed by atoms with E-state index in [0.717, 1.165) is 22.7 Å². The Morgan fingerprint density at radius 2 is 2.33 bits per heavy atom. The molecule has 0 bridgehead atoms. The fourth-order valence-corrected chi connectivity index (χ4v) is 3.58. The van der Waals surface area contributed by atoms with Gasteiger partial charge in [-0.2, -0.15) is 0 Å². The van der Waals surface area contributed by atoms with Crippen LogP contribution in [0.5, 0.6) is 5.75 Å². The average molecular weight is 305 g/mol. The lowest BCUT2D eigenvalue weighted by molar-refractivity contribution is 0.0697. The SMILES string of the molecule is COCc1nc(C2CCOc3ccccc32)sc1C(=O)O. The number of fused-ring (bicyclic) bond motifs is 1. The number of carboxylic acid groups (broad SMARTS) is 1. The number of para-hydroxylation sites is 1. The summed E-state index contributed by atoms with van der Waals surface area (Å²) in [5.41, 5.74) is 1.56. The number of hydrogen-bond donors (Lipinski definition) is 1. The molecule has 1 aliphatic rings. The number of methoxy groups -OCH3 is 1. The molecule has 2 aromatic rings. The number of carboxylic acids is 1.